The van der Waals surface area contributed by atoms with Crippen LogP contribution in [0.5, 0.6) is 11.5 Å². The molecule has 0 saturated heterocycles. The third kappa shape index (κ3) is 4.78. The second kappa shape index (κ2) is 7.12. The number of nitrogens with zero attached hydrogens (tertiary/aromatic N) is 1. The molecule has 0 bridgehead atoms. The molecule has 0 aliphatic carbocycles. The van der Waals surface area contributed by atoms with Gasteiger partial charge in [0.25, 0.3) is 0 Å². The van der Waals surface area contributed by atoms with Crippen LogP contribution in [0, 0.1) is 10.2 Å². The van der Waals surface area contributed by atoms with Gasteiger partial charge in [-0.25, -0.2) is 18.6 Å². The van der Waals surface area contributed by atoms with E-state index in [1.807, 2.05) is 0 Å². The highest BCUT2D eigenvalue weighted by molar-refractivity contribution is 5.48. The monoisotopic (exact) mass is 341 g/mol. The molecule has 0 spiro atoms. The van der Waals surface area contributed by atoms with E-state index in [1.54, 1.807) is 14.2 Å². The fraction of sp³-hybridized carbons (Fsp3) is 0.267. The van der Waals surface area contributed by atoms with Crippen LogP contribution in [-0.2, 0) is 13.0 Å². The first-order chi connectivity index (χ1) is 10.8. The lowest BCUT2D eigenvalue weighted by Gasteiger charge is -2.17. The van der Waals surface area contributed by atoms with Crippen LogP contribution in [0.2, 0.25) is 0 Å². The second-order valence-corrected chi connectivity index (χ2v) is 5.61. The molecule has 7 nitrogen and oxygen atoms in total. The Balaban J connectivity index is 0.000000338. The second-order valence-electron chi connectivity index (χ2n) is 4.85. The lowest BCUT2D eigenvalue weighted by atomic mass is 9.97. The minimum Gasteiger partial charge on any atom is -0.493 e. The Bertz CT molecular complexity index is 628. The van der Waals surface area contributed by atoms with Crippen LogP contribution in [-0.4, -0.2) is 14.2 Å². The van der Waals surface area contributed by atoms with Crippen molar-refractivity contribution in [2.45, 2.75) is 13.0 Å². The quantitative estimate of drug-likeness (QED) is 0.465. The molecule has 0 atom stereocenters. The standard InChI is InChI=1S/C15H16NO2.ClHO4/c1-17-14-8-11-7-13-5-3-4-6-16(13)10-12(11)9-15(14)18-2;2-1(3,4)5/h3-6,8-9H,7,10H2,1-2H3;(H,2,3,4,5)/q+1;/p-1. The Morgan fingerprint density at radius 3 is 2.09 bits per heavy atom. The molecule has 0 unspecified atom stereocenters. The molecule has 124 valence electrons. The number of ether oxygens (including phenoxy) is 2. The van der Waals surface area contributed by atoms with Gasteiger partial charge in [-0.3, -0.25) is 0 Å². The number of rotatable bonds is 2. The molecule has 0 radical (unpaired) electrons. The summed E-state index contributed by atoms with van der Waals surface area (Å²) >= 11 is 0. The first kappa shape index (κ1) is 17.5. The van der Waals surface area contributed by atoms with Gasteiger partial charge < -0.3 is 9.47 Å². The Morgan fingerprint density at radius 2 is 1.52 bits per heavy atom. The summed E-state index contributed by atoms with van der Waals surface area (Å²) in [5, 5.41) is 0. The van der Waals surface area contributed by atoms with Gasteiger partial charge in [0.1, 0.15) is 0 Å². The molecule has 3 rings (SSSR count). The maximum absolute atomic E-state index is 8.49. The minimum atomic E-state index is -4.94. The number of fused-ring (bicyclic) bond motifs is 2. The van der Waals surface area contributed by atoms with E-state index < -0.39 is 10.2 Å². The highest BCUT2D eigenvalue weighted by Crippen LogP contribution is 2.32. The summed E-state index contributed by atoms with van der Waals surface area (Å²) in [5.41, 5.74) is 3.95. The molecule has 2 heterocycles. The lowest BCUT2D eigenvalue weighted by molar-refractivity contribution is -2.00. The van der Waals surface area contributed by atoms with Crippen LogP contribution in [0.15, 0.2) is 36.5 Å². The molecular weight excluding hydrogens is 326 g/mol. The summed E-state index contributed by atoms with van der Waals surface area (Å²) in [6.45, 7) is 0.895. The van der Waals surface area contributed by atoms with Crippen molar-refractivity contribution in [3.63, 3.8) is 0 Å². The van der Waals surface area contributed by atoms with Crippen molar-refractivity contribution in [1.29, 1.82) is 0 Å². The maximum Gasteiger partial charge on any atom is 0.186 e. The summed E-state index contributed by atoms with van der Waals surface area (Å²) in [6.07, 6.45) is 3.06. The van der Waals surface area contributed by atoms with E-state index >= 15 is 0 Å². The van der Waals surface area contributed by atoms with Gasteiger partial charge in [0.2, 0.25) is 0 Å². The van der Waals surface area contributed by atoms with Crippen LogP contribution < -0.4 is 32.7 Å². The molecule has 1 aliphatic heterocycles. The molecule has 8 heteroatoms. The van der Waals surface area contributed by atoms with Crippen molar-refractivity contribution in [1.82, 2.24) is 0 Å². The van der Waals surface area contributed by atoms with Gasteiger partial charge in [0.05, 0.1) is 20.6 Å². The fourth-order valence-electron chi connectivity index (χ4n) is 2.48. The molecule has 23 heavy (non-hydrogen) atoms. The fourth-order valence-corrected chi connectivity index (χ4v) is 2.48. The van der Waals surface area contributed by atoms with Crippen molar-refractivity contribution >= 4 is 0 Å². The van der Waals surface area contributed by atoms with Crippen molar-refractivity contribution in [2.24, 2.45) is 0 Å². The number of hydrogen-bond acceptors (Lipinski definition) is 6. The molecule has 1 aromatic carbocycles. The van der Waals surface area contributed by atoms with Gasteiger partial charge in [-0.05, 0) is 17.7 Å². The molecule has 0 saturated carbocycles. The molecule has 1 aliphatic rings. The van der Waals surface area contributed by atoms with E-state index in [4.69, 9.17) is 28.1 Å². The third-order valence-electron chi connectivity index (χ3n) is 3.45. The van der Waals surface area contributed by atoms with Crippen LogP contribution in [0.1, 0.15) is 16.8 Å². The van der Waals surface area contributed by atoms with Gasteiger partial charge in [-0.15, -0.1) is 10.2 Å². The van der Waals surface area contributed by atoms with Crippen LogP contribution in [0.25, 0.3) is 0 Å². The Labute approximate surface area is 135 Å². The Morgan fingerprint density at radius 1 is 0.957 bits per heavy atom. The van der Waals surface area contributed by atoms with Crippen molar-refractivity contribution in [2.75, 3.05) is 14.2 Å². The largest absolute Gasteiger partial charge is 0.493 e. The van der Waals surface area contributed by atoms with E-state index in [2.05, 4.69) is 41.1 Å². The number of hydrogen-bond donors (Lipinski definition) is 0. The normalized spacial score (nSPS) is 12.4. The first-order valence-electron chi connectivity index (χ1n) is 6.64. The summed E-state index contributed by atoms with van der Waals surface area (Å²) in [4.78, 5) is 0. The van der Waals surface area contributed by atoms with E-state index in [1.165, 1.54) is 16.8 Å². The SMILES string of the molecule is COc1cc2c(cc1OC)C[n+]1ccccc1C2.[O-][Cl+3]([O-])([O-])[O-]. The Hall–Kier alpha value is -1.90. The van der Waals surface area contributed by atoms with Gasteiger partial charge >= 0.3 is 0 Å². The maximum atomic E-state index is 8.49. The number of methoxy groups -OCH3 is 2. The van der Waals surface area contributed by atoms with Crippen molar-refractivity contribution < 1.29 is 42.9 Å². The number of halogens is 1. The minimum absolute atomic E-state index is 0.802. The zero-order chi connectivity index (χ0) is 17.0. The summed E-state index contributed by atoms with van der Waals surface area (Å²) in [7, 11) is -1.59. The summed E-state index contributed by atoms with van der Waals surface area (Å²) in [5.74, 6) is 1.61. The highest BCUT2D eigenvalue weighted by Gasteiger charge is 2.23. The van der Waals surface area contributed by atoms with Crippen molar-refractivity contribution in [3.05, 3.63) is 53.3 Å². The van der Waals surface area contributed by atoms with Crippen molar-refractivity contribution in [3.8, 4) is 11.5 Å². The Kier molecular flexibility index (Phi) is 5.40. The average molecular weight is 342 g/mol. The molecule has 1 aromatic heterocycles. The zero-order valence-corrected chi connectivity index (χ0v) is 13.4. The van der Waals surface area contributed by atoms with Gasteiger partial charge in [-0.1, -0.05) is 6.07 Å². The molecule has 0 fully saturated rings. The highest BCUT2D eigenvalue weighted by atomic mass is 35.7. The van der Waals surface area contributed by atoms with E-state index in [-0.39, 0.29) is 0 Å². The smallest absolute Gasteiger partial charge is 0.186 e. The van der Waals surface area contributed by atoms with Crippen LogP contribution in [0.4, 0.5) is 0 Å². The predicted octanol–water partition coefficient (Wildman–Crippen LogP) is -2.81. The molecular formula is C15H16ClNO6. The lowest BCUT2D eigenvalue weighted by Crippen LogP contribution is -2.68. The third-order valence-corrected chi connectivity index (χ3v) is 3.45. The van der Waals surface area contributed by atoms with Crippen LogP contribution in [0.3, 0.4) is 0 Å². The summed E-state index contributed by atoms with van der Waals surface area (Å²) in [6, 6.07) is 10.5. The van der Waals surface area contributed by atoms with Gasteiger partial charge in [-0.2, -0.15) is 4.57 Å². The van der Waals surface area contributed by atoms with E-state index in [0.29, 0.717) is 0 Å². The zero-order valence-electron chi connectivity index (χ0n) is 12.7. The first-order valence-corrected chi connectivity index (χ1v) is 7.88. The molecule has 2 aromatic rings. The van der Waals surface area contributed by atoms with Gasteiger partial charge in [0, 0.05) is 17.7 Å². The number of pyridine rings is 1. The van der Waals surface area contributed by atoms with Gasteiger partial charge in [0.15, 0.2) is 29.9 Å². The number of aromatic nitrogens is 1. The molecule has 0 amide bonds. The molecule has 0 N–H and O–H groups in total. The van der Waals surface area contributed by atoms with E-state index in [9.17, 15) is 0 Å². The van der Waals surface area contributed by atoms with E-state index in [0.717, 1.165) is 24.5 Å². The topological polar surface area (TPSA) is 115 Å². The number of benzene rings is 1. The predicted molar refractivity (Wildman–Crippen MR) is 68.1 cm³/mol. The average Bonchev–Trinajstić information content (AvgIpc) is 2.49. The summed E-state index contributed by atoms with van der Waals surface area (Å²) < 4.78 is 47.0. The van der Waals surface area contributed by atoms with Crippen LogP contribution >= 0.6 is 0 Å².